The molecule has 100 valence electrons. The zero-order valence-electron chi connectivity index (χ0n) is 11.1. The van der Waals surface area contributed by atoms with Crippen molar-refractivity contribution >= 4 is 31.9 Å². The summed E-state index contributed by atoms with van der Waals surface area (Å²) in [6, 6.07) is 18.7. The van der Waals surface area contributed by atoms with Gasteiger partial charge in [0.15, 0.2) is 0 Å². The average Bonchev–Trinajstić information content (AvgIpc) is 2.51. The van der Waals surface area contributed by atoms with Crippen LogP contribution in [0, 0.1) is 0 Å². The van der Waals surface area contributed by atoms with Crippen molar-refractivity contribution in [2.75, 3.05) is 0 Å². The van der Waals surface area contributed by atoms with Gasteiger partial charge in [0.1, 0.15) is 11.9 Å². The summed E-state index contributed by atoms with van der Waals surface area (Å²) in [6.45, 7) is 3.85. The Morgan fingerprint density at radius 1 is 1.05 bits per heavy atom. The molecule has 1 heterocycles. The van der Waals surface area contributed by atoms with Gasteiger partial charge in [-0.05, 0) is 28.2 Å². The summed E-state index contributed by atoms with van der Waals surface area (Å²) >= 11 is 2.38. The van der Waals surface area contributed by atoms with Crippen molar-refractivity contribution in [3.8, 4) is 0 Å². The van der Waals surface area contributed by atoms with Crippen LogP contribution in [0.15, 0.2) is 67.3 Å². The Morgan fingerprint density at radius 3 is 2.50 bits per heavy atom. The Kier molecular flexibility index (Phi) is 3.92. The molecule has 0 fully saturated rings. The van der Waals surface area contributed by atoms with E-state index in [4.69, 9.17) is 4.74 Å². The topological polar surface area (TPSA) is 9.23 Å². The lowest BCUT2D eigenvalue weighted by Crippen LogP contribution is -2.11. The van der Waals surface area contributed by atoms with Crippen LogP contribution >= 0.6 is 22.6 Å². The lowest BCUT2D eigenvalue weighted by atomic mass is 9.96. The fourth-order valence-corrected chi connectivity index (χ4v) is 3.40. The van der Waals surface area contributed by atoms with Crippen molar-refractivity contribution in [1.29, 1.82) is 0 Å². The summed E-state index contributed by atoms with van der Waals surface area (Å²) in [7, 11) is 0. The standard InChI is InChI=1S/C18H15IO/c1-2-8-16-14-11-6-7-12-15(14)17(19)18(20-16)13-9-4-3-5-10-13/h2-7,9-12,16H,1,8H2. The molecule has 2 heteroatoms. The van der Waals surface area contributed by atoms with Crippen LogP contribution in [0.3, 0.4) is 0 Å². The minimum atomic E-state index is 0.0532. The zero-order chi connectivity index (χ0) is 13.9. The number of hydrogen-bond acceptors (Lipinski definition) is 1. The Labute approximate surface area is 133 Å². The van der Waals surface area contributed by atoms with Crippen molar-refractivity contribution in [2.45, 2.75) is 12.5 Å². The second-order valence-electron chi connectivity index (χ2n) is 4.73. The first-order valence-electron chi connectivity index (χ1n) is 6.63. The van der Waals surface area contributed by atoms with E-state index in [1.807, 2.05) is 24.3 Å². The third-order valence-corrected chi connectivity index (χ3v) is 4.49. The molecule has 0 amide bonds. The summed E-state index contributed by atoms with van der Waals surface area (Å²) in [5.41, 5.74) is 3.64. The van der Waals surface area contributed by atoms with E-state index < -0.39 is 0 Å². The second kappa shape index (κ2) is 5.83. The van der Waals surface area contributed by atoms with Gasteiger partial charge in [-0.2, -0.15) is 0 Å². The van der Waals surface area contributed by atoms with Gasteiger partial charge in [0.05, 0.1) is 3.58 Å². The third-order valence-electron chi connectivity index (χ3n) is 3.42. The number of halogens is 1. The first-order chi connectivity index (χ1) is 9.81. The second-order valence-corrected chi connectivity index (χ2v) is 5.81. The monoisotopic (exact) mass is 374 g/mol. The van der Waals surface area contributed by atoms with E-state index in [-0.39, 0.29) is 6.10 Å². The molecule has 1 atom stereocenters. The molecule has 0 N–H and O–H groups in total. The van der Waals surface area contributed by atoms with Gasteiger partial charge in [-0.25, -0.2) is 0 Å². The van der Waals surface area contributed by atoms with Gasteiger partial charge in [0.2, 0.25) is 0 Å². The molecular formula is C18H15IO. The smallest absolute Gasteiger partial charge is 0.141 e. The molecule has 0 saturated carbocycles. The summed E-state index contributed by atoms with van der Waals surface area (Å²) < 4.78 is 7.42. The zero-order valence-corrected chi connectivity index (χ0v) is 13.2. The Morgan fingerprint density at radius 2 is 1.75 bits per heavy atom. The molecular weight excluding hydrogens is 359 g/mol. The van der Waals surface area contributed by atoms with Gasteiger partial charge in [-0.15, -0.1) is 6.58 Å². The number of benzene rings is 2. The van der Waals surface area contributed by atoms with Crippen molar-refractivity contribution in [3.63, 3.8) is 0 Å². The summed E-state index contributed by atoms with van der Waals surface area (Å²) in [6.07, 6.45) is 2.79. The minimum Gasteiger partial charge on any atom is -0.484 e. The first kappa shape index (κ1) is 13.4. The van der Waals surface area contributed by atoms with Crippen LogP contribution in [-0.2, 0) is 4.74 Å². The van der Waals surface area contributed by atoms with Gasteiger partial charge in [-0.3, -0.25) is 0 Å². The van der Waals surface area contributed by atoms with Crippen LogP contribution in [0.2, 0.25) is 0 Å². The molecule has 0 aromatic heterocycles. The van der Waals surface area contributed by atoms with Crippen molar-refractivity contribution in [1.82, 2.24) is 0 Å². The van der Waals surface area contributed by atoms with Gasteiger partial charge in [-0.1, -0.05) is 60.7 Å². The highest BCUT2D eigenvalue weighted by molar-refractivity contribution is 14.1. The van der Waals surface area contributed by atoms with E-state index >= 15 is 0 Å². The van der Waals surface area contributed by atoms with Crippen molar-refractivity contribution in [3.05, 3.63) is 83.9 Å². The number of fused-ring (bicyclic) bond motifs is 1. The third kappa shape index (κ3) is 2.40. The molecule has 0 aliphatic carbocycles. The van der Waals surface area contributed by atoms with Crippen LogP contribution < -0.4 is 0 Å². The molecule has 3 rings (SSSR count). The van der Waals surface area contributed by atoms with E-state index in [1.165, 1.54) is 14.7 Å². The highest BCUT2D eigenvalue weighted by atomic mass is 127. The predicted molar refractivity (Wildman–Crippen MR) is 92.4 cm³/mol. The predicted octanol–water partition coefficient (Wildman–Crippen LogP) is 5.59. The largest absolute Gasteiger partial charge is 0.484 e. The van der Waals surface area contributed by atoms with Crippen LogP contribution in [0.5, 0.6) is 0 Å². The average molecular weight is 374 g/mol. The van der Waals surface area contributed by atoms with Crippen LogP contribution in [-0.4, -0.2) is 0 Å². The highest BCUT2D eigenvalue weighted by Crippen LogP contribution is 2.44. The maximum atomic E-state index is 6.25. The fourth-order valence-electron chi connectivity index (χ4n) is 2.47. The maximum absolute atomic E-state index is 6.25. The van der Waals surface area contributed by atoms with E-state index in [0.717, 1.165) is 17.7 Å². The Bertz CT molecular complexity index is 658. The maximum Gasteiger partial charge on any atom is 0.141 e. The molecule has 2 aromatic rings. The van der Waals surface area contributed by atoms with Crippen molar-refractivity contribution < 1.29 is 4.74 Å². The molecule has 1 unspecified atom stereocenters. The Hall–Kier alpha value is -1.55. The normalized spacial score (nSPS) is 17.4. The van der Waals surface area contributed by atoms with Gasteiger partial charge in [0.25, 0.3) is 0 Å². The van der Waals surface area contributed by atoms with Crippen LogP contribution in [0.25, 0.3) is 9.34 Å². The summed E-state index contributed by atoms with van der Waals surface area (Å²) in [5, 5.41) is 0. The molecule has 0 radical (unpaired) electrons. The molecule has 1 aliphatic heterocycles. The SMILES string of the molecule is C=CCC1OC(c2ccccc2)=C(I)c2ccccc21. The molecule has 0 bridgehead atoms. The molecule has 20 heavy (non-hydrogen) atoms. The fraction of sp³-hybridized carbons (Fsp3) is 0.111. The van der Waals surface area contributed by atoms with E-state index in [0.29, 0.717) is 0 Å². The first-order valence-corrected chi connectivity index (χ1v) is 7.71. The highest BCUT2D eigenvalue weighted by Gasteiger charge is 2.26. The summed E-state index contributed by atoms with van der Waals surface area (Å²) in [5.74, 6) is 0.969. The molecule has 0 saturated heterocycles. The van der Waals surface area contributed by atoms with Crippen LogP contribution in [0.4, 0.5) is 0 Å². The molecule has 2 aromatic carbocycles. The summed E-state index contributed by atoms with van der Waals surface area (Å²) in [4.78, 5) is 0. The lowest BCUT2D eigenvalue weighted by Gasteiger charge is -2.28. The minimum absolute atomic E-state index is 0.0532. The molecule has 1 aliphatic rings. The van der Waals surface area contributed by atoms with E-state index in [2.05, 4.69) is 65.6 Å². The number of rotatable bonds is 3. The van der Waals surface area contributed by atoms with E-state index in [9.17, 15) is 0 Å². The molecule has 0 spiro atoms. The van der Waals surface area contributed by atoms with Gasteiger partial charge in [0, 0.05) is 17.5 Å². The lowest BCUT2D eigenvalue weighted by molar-refractivity contribution is 0.170. The number of hydrogen-bond donors (Lipinski definition) is 0. The van der Waals surface area contributed by atoms with Gasteiger partial charge < -0.3 is 4.74 Å². The van der Waals surface area contributed by atoms with E-state index in [1.54, 1.807) is 0 Å². The van der Waals surface area contributed by atoms with Gasteiger partial charge >= 0.3 is 0 Å². The van der Waals surface area contributed by atoms with Crippen LogP contribution in [0.1, 0.15) is 29.2 Å². The quantitative estimate of drug-likeness (QED) is 0.502. The Balaban J connectivity index is 2.14. The molecule has 1 nitrogen and oxygen atoms in total. The van der Waals surface area contributed by atoms with Crippen molar-refractivity contribution in [2.24, 2.45) is 0 Å². The number of ether oxygens (including phenoxy) is 1.